The van der Waals surface area contributed by atoms with Crippen molar-refractivity contribution in [3.63, 3.8) is 0 Å². The van der Waals surface area contributed by atoms with E-state index in [2.05, 4.69) is 32.0 Å². The van der Waals surface area contributed by atoms with Gasteiger partial charge in [0.15, 0.2) is 0 Å². The number of nitrogens with two attached hydrogens (primary N) is 1. The summed E-state index contributed by atoms with van der Waals surface area (Å²) < 4.78 is 0. The molecular weight excluding hydrogens is 146 g/mol. The van der Waals surface area contributed by atoms with E-state index in [4.69, 9.17) is 5.73 Å². The standard InChI is InChI=1S/C11H17N/c1-8-4-5-11(7-10(3)12)9(2)6-8/h4-6,10H,7,12H2,1-3H3. The molecule has 0 spiro atoms. The Balaban J connectivity index is 2.86. The minimum Gasteiger partial charge on any atom is -0.328 e. The number of rotatable bonds is 2. The third-order valence-corrected chi connectivity index (χ3v) is 2.04. The highest BCUT2D eigenvalue weighted by atomic mass is 14.6. The monoisotopic (exact) mass is 163 g/mol. The van der Waals surface area contributed by atoms with E-state index in [1.165, 1.54) is 16.7 Å². The first-order valence-electron chi connectivity index (χ1n) is 4.41. The van der Waals surface area contributed by atoms with Gasteiger partial charge in [-0.3, -0.25) is 0 Å². The molecule has 0 bridgehead atoms. The van der Waals surface area contributed by atoms with Crippen LogP contribution in [0.3, 0.4) is 0 Å². The van der Waals surface area contributed by atoms with Crippen molar-refractivity contribution in [3.8, 4) is 0 Å². The summed E-state index contributed by atoms with van der Waals surface area (Å²) in [5.41, 5.74) is 9.78. The molecule has 1 aromatic carbocycles. The quantitative estimate of drug-likeness (QED) is 0.710. The summed E-state index contributed by atoms with van der Waals surface area (Å²) in [5, 5.41) is 0. The Morgan fingerprint density at radius 3 is 2.50 bits per heavy atom. The van der Waals surface area contributed by atoms with Crippen molar-refractivity contribution in [2.24, 2.45) is 5.73 Å². The highest BCUT2D eigenvalue weighted by molar-refractivity contribution is 5.30. The van der Waals surface area contributed by atoms with Crippen LogP contribution >= 0.6 is 0 Å². The molecule has 1 heteroatoms. The fourth-order valence-corrected chi connectivity index (χ4v) is 1.42. The van der Waals surface area contributed by atoms with Crippen LogP contribution < -0.4 is 5.73 Å². The van der Waals surface area contributed by atoms with Gasteiger partial charge in [-0.15, -0.1) is 0 Å². The van der Waals surface area contributed by atoms with Gasteiger partial charge in [0.1, 0.15) is 0 Å². The minimum atomic E-state index is 0.256. The van der Waals surface area contributed by atoms with Crippen molar-refractivity contribution >= 4 is 0 Å². The molecule has 0 saturated carbocycles. The summed E-state index contributed by atoms with van der Waals surface area (Å²) in [6.45, 7) is 6.30. The zero-order valence-corrected chi connectivity index (χ0v) is 8.09. The van der Waals surface area contributed by atoms with Gasteiger partial charge >= 0.3 is 0 Å². The van der Waals surface area contributed by atoms with Crippen LogP contribution in [0.2, 0.25) is 0 Å². The molecule has 1 aromatic rings. The van der Waals surface area contributed by atoms with Crippen LogP contribution in [0, 0.1) is 13.8 Å². The highest BCUT2D eigenvalue weighted by Crippen LogP contribution is 2.11. The van der Waals surface area contributed by atoms with E-state index in [1.54, 1.807) is 0 Å². The lowest BCUT2D eigenvalue weighted by molar-refractivity contribution is 0.734. The topological polar surface area (TPSA) is 26.0 Å². The molecule has 66 valence electrons. The van der Waals surface area contributed by atoms with Crippen molar-refractivity contribution in [2.75, 3.05) is 0 Å². The number of benzene rings is 1. The normalized spacial score (nSPS) is 13.0. The Morgan fingerprint density at radius 1 is 1.33 bits per heavy atom. The molecule has 1 rings (SSSR count). The molecule has 0 radical (unpaired) electrons. The highest BCUT2D eigenvalue weighted by Gasteiger charge is 2.00. The Kier molecular flexibility index (Phi) is 2.88. The van der Waals surface area contributed by atoms with Crippen LogP contribution in [0.1, 0.15) is 23.6 Å². The van der Waals surface area contributed by atoms with Gasteiger partial charge in [0, 0.05) is 6.04 Å². The maximum Gasteiger partial charge on any atom is 0.00510 e. The van der Waals surface area contributed by atoms with Crippen LogP contribution in [-0.2, 0) is 6.42 Å². The second-order valence-electron chi connectivity index (χ2n) is 3.61. The van der Waals surface area contributed by atoms with Crippen molar-refractivity contribution in [2.45, 2.75) is 33.2 Å². The lowest BCUT2D eigenvalue weighted by atomic mass is 10.0. The van der Waals surface area contributed by atoms with E-state index >= 15 is 0 Å². The van der Waals surface area contributed by atoms with E-state index in [1.807, 2.05) is 6.92 Å². The smallest absolute Gasteiger partial charge is 0.00510 e. The van der Waals surface area contributed by atoms with Gasteiger partial charge in [0.25, 0.3) is 0 Å². The number of hydrogen-bond acceptors (Lipinski definition) is 1. The molecule has 1 nitrogen and oxygen atoms in total. The second-order valence-corrected chi connectivity index (χ2v) is 3.61. The third kappa shape index (κ3) is 2.35. The lowest BCUT2D eigenvalue weighted by Crippen LogP contribution is -2.18. The van der Waals surface area contributed by atoms with E-state index in [-0.39, 0.29) is 6.04 Å². The van der Waals surface area contributed by atoms with Crippen LogP contribution in [0.25, 0.3) is 0 Å². The number of hydrogen-bond donors (Lipinski definition) is 1. The summed E-state index contributed by atoms with van der Waals surface area (Å²) in [6, 6.07) is 6.78. The molecule has 0 fully saturated rings. The zero-order valence-electron chi connectivity index (χ0n) is 8.09. The molecule has 0 aromatic heterocycles. The molecule has 0 aliphatic heterocycles. The first-order valence-corrected chi connectivity index (χ1v) is 4.41. The van der Waals surface area contributed by atoms with Gasteiger partial charge in [0.2, 0.25) is 0 Å². The maximum absolute atomic E-state index is 5.73. The average Bonchev–Trinajstić information content (AvgIpc) is 1.94. The van der Waals surface area contributed by atoms with Crippen molar-refractivity contribution in [1.82, 2.24) is 0 Å². The summed E-state index contributed by atoms with van der Waals surface area (Å²) in [7, 11) is 0. The van der Waals surface area contributed by atoms with Crippen molar-refractivity contribution < 1.29 is 0 Å². The minimum absolute atomic E-state index is 0.256. The molecule has 0 aliphatic carbocycles. The molecule has 0 amide bonds. The van der Waals surface area contributed by atoms with Crippen LogP contribution in [0.5, 0.6) is 0 Å². The first kappa shape index (κ1) is 9.27. The van der Waals surface area contributed by atoms with E-state index in [0.29, 0.717) is 0 Å². The van der Waals surface area contributed by atoms with Crippen LogP contribution in [0.15, 0.2) is 18.2 Å². The van der Waals surface area contributed by atoms with Gasteiger partial charge in [-0.25, -0.2) is 0 Å². The molecular formula is C11H17N. The summed E-state index contributed by atoms with van der Waals surface area (Å²) in [4.78, 5) is 0. The molecule has 2 N–H and O–H groups in total. The Labute approximate surface area is 74.6 Å². The van der Waals surface area contributed by atoms with Crippen LogP contribution in [0.4, 0.5) is 0 Å². The summed E-state index contributed by atoms with van der Waals surface area (Å²) in [6.07, 6.45) is 0.978. The zero-order chi connectivity index (χ0) is 9.14. The molecule has 0 saturated heterocycles. The Hall–Kier alpha value is -0.820. The molecule has 0 aliphatic rings. The SMILES string of the molecule is Cc1ccc(CC(C)N)c(C)c1. The first-order chi connectivity index (χ1) is 5.59. The van der Waals surface area contributed by atoms with Crippen LogP contribution in [-0.4, -0.2) is 6.04 Å². The second kappa shape index (κ2) is 3.72. The fraction of sp³-hybridized carbons (Fsp3) is 0.455. The van der Waals surface area contributed by atoms with E-state index < -0.39 is 0 Å². The molecule has 12 heavy (non-hydrogen) atoms. The predicted octanol–water partition coefficient (Wildman–Crippen LogP) is 2.19. The van der Waals surface area contributed by atoms with Crippen molar-refractivity contribution in [3.05, 3.63) is 34.9 Å². The fourth-order valence-electron chi connectivity index (χ4n) is 1.42. The summed E-state index contributed by atoms with van der Waals surface area (Å²) in [5.74, 6) is 0. The average molecular weight is 163 g/mol. The number of aryl methyl sites for hydroxylation is 2. The molecule has 0 heterocycles. The van der Waals surface area contributed by atoms with E-state index in [0.717, 1.165) is 6.42 Å². The van der Waals surface area contributed by atoms with Gasteiger partial charge < -0.3 is 5.73 Å². The van der Waals surface area contributed by atoms with Gasteiger partial charge in [0.05, 0.1) is 0 Å². The third-order valence-electron chi connectivity index (χ3n) is 2.04. The van der Waals surface area contributed by atoms with Gasteiger partial charge in [-0.05, 0) is 38.3 Å². The lowest BCUT2D eigenvalue weighted by Gasteiger charge is -2.08. The Morgan fingerprint density at radius 2 is 2.00 bits per heavy atom. The summed E-state index contributed by atoms with van der Waals surface area (Å²) >= 11 is 0. The van der Waals surface area contributed by atoms with Gasteiger partial charge in [-0.1, -0.05) is 23.8 Å². The van der Waals surface area contributed by atoms with Gasteiger partial charge in [-0.2, -0.15) is 0 Å². The largest absolute Gasteiger partial charge is 0.328 e. The molecule has 1 unspecified atom stereocenters. The van der Waals surface area contributed by atoms with Crippen molar-refractivity contribution in [1.29, 1.82) is 0 Å². The maximum atomic E-state index is 5.73. The molecule has 1 atom stereocenters. The van der Waals surface area contributed by atoms with E-state index in [9.17, 15) is 0 Å². The Bertz CT molecular complexity index is 264. The predicted molar refractivity (Wildman–Crippen MR) is 53.3 cm³/mol.